The van der Waals surface area contributed by atoms with Crippen molar-refractivity contribution in [3.8, 4) is 0 Å². The van der Waals surface area contributed by atoms with Gasteiger partial charge >= 0.3 is 5.97 Å². The van der Waals surface area contributed by atoms with Gasteiger partial charge in [-0.3, -0.25) is 14.6 Å². The van der Waals surface area contributed by atoms with Gasteiger partial charge in [0, 0.05) is 29.6 Å². The number of benzene rings is 1. The molecule has 0 atom stereocenters. The zero-order valence-corrected chi connectivity index (χ0v) is 15.1. The van der Waals surface area contributed by atoms with E-state index < -0.39 is 0 Å². The van der Waals surface area contributed by atoms with Crippen LogP contribution in [-0.4, -0.2) is 47.2 Å². The number of carbonyl (C=O) groups is 2. The smallest absolute Gasteiger partial charge is 0.309 e. The van der Waals surface area contributed by atoms with Crippen LogP contribution in [0.3, 0.4) is 0 Å². The summed E-state index contributed by atoms with van der Waals surface area (Å²) >= 11 is 1.52. The monoisotopic (exact) mass is 358 g/mol. The fourth-order valence-corrected chi connectivity index (χ4v) is 3.99. The Morgan fingerprint density at radius 2 is 2.00 bits per heavy atom. The Balaban J connectivity index is 1.54. The number of pyridine rings is 1. The molecule has 0 radical (unpaired) electrons. The number of carbonyl (C=O) groups excluding carboxylic acids is 2. The highest BCUT2D eigenvalue weighted by Crippen LogP contribution is 2.27. The summed E-state index contributed by atoms with van der Waals surface area (Å²) in [6, 6.07) is 9.94. The maximum Gasteiger partial charge on any atom is 0.309 e. The molecule has 1 amide bonds. The largest absolute Gasteiger partial charge is 0.466 e. The highest BCUT2D eigenvalue weighted by molar-refractivity contribution is 8.00. The highest BCUT2D eigenvalue weighted by atomic mass is 32.2. The van der Waals surface area contributed by atoms with Crippen molar-refractivity contribution in [1.82, 2.24) is 9.88 Å². The normalized spacial score (nSPS) is 15.3. The Bertz CT molecular complexity index is 752. The molecule has 0 N–H and O–H groups in total. The van der Waals surface area contributed by atoms with E-state index in [1.807, 2.05) is 42.2 Å². The van der Waals surface area contributed by atoms with Crippen molar-refractivity contribution in [3.63, 3.8) is 0 Å². The first-order valence-electron chi connectivity index (χ1n) is 8.60. The second-order valence-corrected chi connectivity index (χ2v) is 7.04. The molecule has 6 heteroatoms. The molecular formula is C19H22N2O3S. The van der Waals surface area contributed by atoms with Crippen molar-refractivity contribution in [2.24, 2.45) is 5.92 Å². The van der Waals surface area contributed by atoms with Gasteiger partial charge < -0.3 is 9.64 Å². The predicted octanol–water partition coefficient (Wildman–Crippen LogP) is 3.13. The highest BCUT2D eigenvalue weighted by Gasteiger charge is 2.28. The van der Waals surface area contributed by atoms with Crippen LogP contribution in [0.1, 0.15) is 19.8 Å². The lowest BCUT2D eigenvalue weighted by Crippen LogP contribution is -2.41. The van der Waals surface area contributed by atoms with Crippen LogP contribution in [0.4, 0.5) is 0 Å². The summed E-state index contributed by atoms with van der Waals surface area (Å²) in [4.78, 5) is 31.5. The number of fused-ring (bicyclic) bond motifs is 1. The molecule has 0 aliphatic carbocycles. The molecule has 1 saturated heterocycles. The molecule has 25 heavy (non-hydrogen) atoms. The van der Waals surface area contributed by atoms with E-state index in [-0.39, 0.29) is 17.8 Å². The van der Waals surface area contributed by atoms with Gasteiger partial charge in [-0.15, -0.1) is 11.8 Å². The summed E-state index contributed by atoms with van der Waals surface area (Å²) in [5, 5.41) is 1.08. The Kier molecular flexibility index (Phi) is 5.91. The van der Waals surface area contributed by atoms with Gasteiger partial charge in [0.25, 0.3) is 0 Å². The molecule has 0 saturated carbocycles. The van der Waals surface area contributed by atoms with Crippen LogP contribution >= 0.6 is 11.8 Å². The van der Waals surface area contributed by atoms with E-state index in [1.165, 1.54) is 11.8 Å². The van der Waals surface area contributed by atoms with Crippen molar-refractivity contribution in [2.45, 2.75) is 24.7 Å². The van der Waals surface area contributed by atoms with E-state index in [0.29, 0.717) is 38.3 Å². The number of ether oxygens (including phenoxy) is 1. The molecule has 1 aliphatic rings. The van der Waals surface area contributed by atoms with E-state index >= 15 is 0 Å². The van der Waals surface area contributed by atoms with E-state index in [4.69, 9.17) is 4.74 Å². The molecule has 1 fully saturated rings. The molecule has 3 rings (SSSR count). The molecule has 5 nitrogen and oxygen atoms in total. The zero-order chi connectivity index (χ0) is 17.6. The Labute approximate surface area is 151 Å². The first-order chi connectivity index (χ1) is 12.2. The fraction of sp³-hybridized carbons (Fsp3) is 0.421. The van der Waals surface area contributed by atoms with Crippen LogP contribution in [0.25, 0.3) is 10.9 Å². The minimum atomic E-state index is -0.134. The van der Waals surface area contributed by atoms with Crippen molar-refractivity contribution in [1.29, 1.82) is 0 Å². The third-order valence-electron chi connectivity index (χ3n) is 4.41. The van der Waals surface area contributed by atoms with E-state index in [1.54, 1.807) is 6.20 Å². The first-order valence-corrected chi connectivity index (χ1v) is 9.58. The number of rotatable bonds is 5. The standard InChI is InChI=1S/C19H22N2O3S/c1-2-24-19(23)15-8-11-21(12-9-15)17(22)13-25-16-7-3-5-14-6-4-10-20-18(14)16/h3-7,10,15H,2,8-9,11-13H2,1H3. The number of likely N-dealkylation sites (tertiary alicyclic amines) is 1. The van der Waals surface area contributed by atoms with Crippen LogP contribution in [0.5, 0.6) is 0 Å². The number of amides is 1. The average Bonchev–Trinajstić information content (AvgIpc) is 2.66. The van der Waals surface area contributed by atoms with Crippen LogP contribution in [0.2, 0.25) is 0 Å². The molecule has 1 aromatic heterocycles. The SMILES string of the molecule is CCOC(=O)C1CCN(C(=O)CSc2cccc3cccnc23)CC1. The third kappa shape index (κ3) is 4.31. The number of esters is 1. The maximum atomic E-state index is 12.5. The van der Waals surface area contributed by atoms with E-state index in [9.17, 15) is 9.59 Å². The summed E-state index contributed by atoms with van der Waals surface area (Å²) in [5.41, 5.74) is 0.934. The van der Waals surface area contributed by atoms with E-state index in [2.05, 4.69) is 4.98 Å². The quantitative estimate of drug-likeness (QED) is 0.607. The second kappa shape index (κ2) is 8.34. The van der Waals surface area contributed by atoms with Gasteiger partial charge in [0.1, 0.15) is 0 Å². The Morgan fingerprint density at radius 1 is 1.24 bits per heavy atom. The number of hydrogen-bond donors (Lipinski definition) is 0. The number of para-hydroxylation sites is 1. The minimum absolute atomic E-state index is 0.0704. The van der Waals surface area contributed by atoms with Crippen LogP contribution in [-0.2, 0) is 14.3 Å². The molecule has 2 heterocycles. The van der Waals surface area contributed by atoms with Gasteiger partial charge in [-0.2, -0.15) is 0 Å². The fourth-order valence-electron chi connectivity index (χ4n) is 3.05. The second-order valence-electron chi connectivity index (χ2n) is 6.03. The Morgan fingerprint density at radius 3 is 2.76 bits per heavy atom. The summed E-state index contributed by atoms with van der Waals surface area (Å²) in [6.07, 6.45) is 3.14. The van der Waals surface area contributed by atoms with Gasteiger partial charge in [-0.05, 0) is 31.9 Å². The Hall–Kier alpha value is -2.08. The molecule has 2 aromatic rings. The van der Waals surface area contributed by atoms with Crippen molar-refractivity contribution >= 4 is 34.5 Å². The number of nitrogens with zero attached hydrogens (tertiary/aromatic N) is 2. The summed E-state index contributed by atoms with van der Waals surface area (Å²) in [6.45, 7) is 3.47. The van der Waals surface area contributed by atoms with Gasteiger partial charge in [-0.1, -0.05) is 18.2 Å². The first kappa shape index (κ1) is 17.7. The van der Waals surface area contributed by atoms with Crippen LogP contribution in [0, 0.1) is 5.92 Å². The van der Waals surface area contributed by atoms with Gasteiger partial charge in [0.05, 0.1) is 23.8 Å². The number of hydrogen-bond acceptors (Lipinski definition) is 5. The average molecular weight is 358 g/mol. The summed E-state index contributed by atoms with van der Waals surface area (Å²) < 4.78 is 5.07. The number of aromatic nitrogens is 1. The molecular weight excluding hydrogens is 336 g/mol. The van der Waals surface area contributed by atoms with Crippen molar-refractivity contribution < 1.29 is 14.3 Å². The van der Waals surface area contributed by atoms with Gasteiger partial charge in [-0.25, -0.2) is 0 Å². The molecule has 1 aliphatic heterocycles. The van der Waals surface area contributed by atoms with Crippen LogP contribution < -0.4 is 0 Å². The van der Waals surface area contributed by atoms with E-state index in [0.717, 1.165) is 15.8 Å². The topological polar surface area (TPSA) is 59.5 Å². The van der Waals surface area contributed by atoms with Crippen molar-refractivity contribution in [3.05, 3.63) is 36.5 Å². The molecule has 0 unspecified atom stereocenters. The molecule has 132 valence electrons. The summed E-state index contributed by atoms with van der Waals surface area (Å²) in [7, 11) is 0. The number of thioether (sulfide) groups is 1. The van der Waals surface area contributed by atoms with Gasteiger partial charge in [0.15, 0.2) is 0 Å². The maximum absolute atomic E-state index is 12.5. The van der Waals surface area contributed by atoms with Crippen LogP contribution in [0.15, 0.2) is 41.4 Å². The summed E-state index contributed by atoms with van der Waals surface area (Å²) in [5.74, 6) is 0.296. The van der Waals surface area contributed by atoms with Gasteiger partial charge in [0.2, 0.25) is 5.91 Å². The zero-order valence-electron chi connectivity index (χ0n) is 14.3. The lowest BCUT2D eigenvalue weighted by molar-refractivity contribution is -0.151. The molecule has 0 bridgehead atoms. The lowest BCUT2D eigenvalue weighted by atomic mass is 9.97. The molecule has 0 spiro atoms. The predicted molar refractivity (Wildman–Crippen MR) is 98.4 cm³/mol. The third-order valence-corrected chi connectivity index (χ3v) is 5.45. The minimum Gasteiger partial charge on any atom is -0.466 e. The molecule has 1 aromatic carbocycles. The number of piperidine rings is 1. The lowest BCUT2D eigenvalue weighted by Gasteiger charge is -2.30. The van der Waals surface area contributed by atoms with Crippen molar-refractivity contribution in [2.75, 3.05) is 25.4 Å².